The van der Waals surface area contributed by atoms with Crippen LogP contribution in [0.1, 0.15) is 6.42 Å². The highest BCUT2D eigenvalue weighted by Gasteiger charge is 2.48. The van der Waals surface area contributed by atoms with Gasteiger partial charge in [0.1, 0.15) is 5.82 Å². The number of sulfonamides is 1. The van der Waals surface area contributed by atoms with Crippen LogP contribution in [0.4, 0.5) is 5.82 Å². The molecule has 1 amide bonds. The summed E-state index contributed by atoms with van der Waals surface area (Å²) >= 11 is 0. The van der Waals surface area contributed by atoms with E-state index in [-0.39, 0.29) is 18.1 Å². The molecule has 0 spiro atoms. The summed E-state index contributed by atoms with van der Waals surface area (Å²) in [6.45, 7) is -0.0795. The Balaban J connectivity index is 1.75. The summed E-state index contributed by atoms with van der Waals surface area (Å²) < 4.78 is 25.8. The van der Waals surface area contributed by atoms with E-state index in [4.69, 9.17) is 5.11 Å². The number of hydrogen-bond donors (Lipinski definition) is 3. The first-order valence-corrected chi connectivity index (χ1v) is 7.96. The van der Waals surface area contributed by atoms with Crippen LogP contribution in [0.15, 0.2) is 24.4 Å². The number of nitrogens with one attached hydrogen (secondary N) is 2. The molecule has 2 rings (SSSR count). The van der Waals surface area contributed by atoms with Crippen LogP contribution < -0.4 is 10.0 Å². The summed E-state index contributed by atoms with van der Waals surface area (Å²) in [4.78, 5) is 26.0. The number of rotatable bonds is 7. The Kier molecular flexibility index (Phi) is 4.41. The van der Waals surface area contributed by atoms with Gasteiger partial charge in [-0.3, -0.25) is 14.3 Å². The molecule has 1 aliphatic carbocycles. The number of carbonyl (C=O) groups excluding carboxylic acids is 1. The minimum Gasteiger partial charge on any atom is -0.481 e. The lowest BCUT2D eigenvalue weighted by Crippen LogP contribution is -2.32. The van der Waals surface area contributed by atoms with Gasteiger partial charge < -0.3 is 10.4 Å². The molecular weight excluding hydrogens is 298 g/mol. The number of aliphatic carboxylic acids is 1. The van der Waals surface area contributed by atoms with Crippen molar-refractivity contribution in [1.82, 2.24) is 10.3 Å². The van der Waals surface area contributed by atoms with E-state index in [1.807, 2.05) is 0 Å². The zero-order chi connectivity index (χ0) is 15.5. The number of carboxylic acid groups (broad SMARTS) is 1. The van der Waals surface area contributed by atoms with E-state index in [9.17, 15) is 18.0 Å². The second kappa shape index (κ2) is 6.08. The highest BCUT2D eigenvalue weighted by molar-refractivity contribution is 7.92. The third kappa shape index (κ3) is 4.42. The third-order valence-electron chi connectivity index (χ3n) is 3.04. The summed E-state index contributed by atoms with van der Waals surface area (Å²) in [6, 6.07) is 4.82. The standard InChI is InChI=1S/C12H15N3O5S/c16-11(8-7-9(8)12(17)18)14-5-6-21(19,20)15-10-3-1-2-4-13-10/h1-4,8-9H,5-7H2,(H,13,15)(H,14,16)(H,17,18)/t8-,9-/m1/s1. The van der Waals surface area contributed by atoms with Crippen LogP contribution in [0.3, 0.4) is 0 Å². The molecule has 0 bridgehead atoms. The van der Waals surface area contributed by atoms with Gasteiger partial charge in [0.05, 0.1) is 17.6 Å². The molecule has 2 atom stereocenters. The van der Waals surface area contributed by atoms with Crippen molar-refractivity contribution >= 4 is 27.7 Å². The smallest absolute Gasteiger partial charge is 0.307 e. The Morgan fingerprint density at radius 3 is 2.67 bits per heavy atom. The van der Waals surface area contributed by atoms with Crippen molar-refractivity contribution in [1.29, 1.82) is 0 Å². The number of pyridine rings is 1. The molecule has 1 aromatic heterocycles. The lowest BCUT2D eigenvalue weighted by molar-refractivity contribution is -0.140. The van der Waals surface area contributed by atoms with E-state index in [0.717, 1.165) is 0 Å². The maximum atomic E-state index is 11.7. The lowest BCUT2D eigenvalue weighted by atomic mass is 10.3. The SMILES string of the molecule is O=C(O)[C@@H]1C[C@H]1C(=O)NCCS(=O)(=O)Nc1ccccn1. The number of nitrogens with zero attached hydrogens (tertiary/aromatic N) is 1. The first-order valence-electron chi connectivity index (χ1n) is 6.31. The number of carboxylic acids is 1. The summed E-state index contributed by atoms with van der Waals surface area (Å²) in [5.41, 5.74) is 0. The lowest BCUT2D eigenvalue weighted by Gasteiger charge is -2.08. The van der Waals surface area contributed by atoms with Gasteiger partial charge in [-0.15, -0.1) is 0 Å². The molecule has 21 heavy (non-hydrogen) atoms. The topological polar surface area (TPSA) is 125 Å². The van der Waals surface area contributed by atoms with Crippen LogP contribution in [-0.2, 0) is 19.6 Å². The van der Waals surface area contributed by atoms with Gasteiger partial charge in [0.25, 0.3) is 0 Å². The molecular formula is C12H15N3O5S. The van der Waals surface area contributed by atoms with Crippen molar-refractivity contribution in [3.05, 3.63) is 24.4 Å². The molecule has 0 aromatic carbocycles. The van der Waals surface area contributed by atoms with Crippen molar-refractivity contribution in [3.63, 3.8) is 0 Å². The van der Waals surface area contributed by atoms with E-state index in [2.05, 4.69) is 15.0 Å². The molecule has 0 radical (unpaired) electrons. The molecule has 0 aliphatic heterocycles. The normalized spacial score (nSPS) is 20.6. The Bertz CT molecular complexity index is 632. The molecule has 3 N–H and O–H groups in total. The van der Waals surface area contributed by atoms with Crippen molar-refractivity contribution in [2.75, 3.05) is 17.0 Å². The molecule has 1 heterocycles. The van der Waals surface area contributed by atoms with E-state index in [0.29, 0.717) is 6.42 Å². The monoisotopic (exact) mass is 313 g/mol. The van der Waals surface area contributed by atoms with Crippen LogP contribution in [0.5, 0.6) is 0 Å². The Morgan fingerprint density at radius 2 is 2.10 bits per heavy atom. The zero-order valence-electron chi connectivity index (χ0n) is 11.0. The molecule has 1 aromatic rings. The average molecular weight is 313 g/mol. The summed E-state index contributed by atoms with van der Waals surface area (Å²) in [6.07, 6.45) is 1.76. The highest BCUT2D eigenvalue weighted by atomic mass is 32.2. The molecule has 114 valence electrons. The van der Waals surface area contributed by atoms with Gasteiger partial charge >= 0.3 is 5.97 Å². The maximum Gasteiger partial charge on any atom is 0.307 e. The van der Waals surface area contributed by atoms with Gasteiger partial charge in [0.2, 0.25) is 15.9 Å². The van der Waals surface area contributed by atoms with E-state index < -0.39 is 33.7 Å². The predicted molar refractivity (Wildman–Crippen MR) is 73.9 cm³/mol. The van der Waals surface area contributed by atoms with E-state index in [1.54, 1.807) is 12.1 Å². The van der Waals surface area contributed by atoms with Crippen molar-refractivity contribution in [3.8, 4) is 0 Å². The van der Waals surface area contributed by atoms with Crippen molar-refractivity contribution < 1.29 is 23.1 Å². The van der Waals surface area contributed by atoms with Crippen LogP contribution in [0.2, 0.25) is 0 Å². The molecule has 9 heteroatoms. The largest absolute Gasteiger partial charge is 0.481 e. The molecule has 1 saturated carbocycles. The number of aromatic nitrogens is 1. The number of carbonyl (C=O) groups is 2. The Labute approximate surface area is 121 Å². The predicted octanol–water partition coefficient (Wildman–Crippen LogP) is -0.340. The van der Waals surface area contributed by atoms with E-state index in [1.165, 1.54) is 12.3 Å². The first kappa shape index (κ1) is 15.2. The minimum atomic E-state index is -3.61. The van der Waals surface area contributed by atoms with Crippen LogP contribution >= 0.6 is 0 Å². The number of anilines is 1. The Morgan fingerprint density at radius 1 is 1.33 bits per heavy atom. The van der Waals surface area contributed by atoms with Gasteiger partial charge in [-0.2, -0.15) is 0 Å². The fraction of sp³-hybridized carbons (Fsp3) is 0.417. The second-order valence-corrected chi connectivity index (χ2v) is 6.56. The molecule has 0 unspecified atom stereocenters. The number of amides is 1. The van der Waals surface area contributed by atoms with Gasteiger partial charge in [-0.1, -0.05) is 6.07 Å². The van der Waals surface area contributed by atoms with Crippen molar-refractivity contribution in [2.24, 2.45) is 11.8 Å². The van der Waals surface area contributed by atoms with Crippen molar-refractivity contribution in [2.45, 2.75) is 6.42 Å². The third-order valence-corrected chi connectivity index (χ3v) is 4.30. The number of hydrogen-bond acceptors (Lipinski definition) is 5. The van der Waals surface area contributed by atoms with E-state index >= 15 is 0 Å². The van der Waals surface area contributed by atoms with Crippen LogP contribution in [0.25, 0.3) is 0 Å². The van der Waals surface area contributed by atoms with Gasteiger partial charge in [0.15, 0.2) is 0 Å². The van der Waals surface area contributed by atoms with Gasteiger partial charge in [-0.25, -0.2) is 13.4 Å². The molecule has 0 saturated heterocycles. The minimum absolute atomic E-state index is 0.0795. The van der Waals surface area contributed by atoms with Crippen LogP contribution in [-0.4, -0.2) is 42.7 Å². The molecule has 8 nitrogen and oxygen atoms in total. The zero-order valence-corrected chi connectivity index (χ0v) is 11.8. The molecule has 1 aliphatic rings. The fourth-order valence-corrected chi connectivity index (χ4v) is 2.74. The summed E-state index contributed by atoms with van der Waals surface area (Å²) in [7, 11) is -3.61. The van der Waals surface area contributed by atoms with Crippen LogP contribution in [0, 0.1) is 11.8 Å². The first-order chi connectivity index (χ1) is 9.89. The fourth-order valence-electron chi connectivity index (χ4n) is 1.83. The maximum absolute atomic E-state index is 11.7. The quantitative estimate of drug-likeness (QED) is 0.632. The second-order valence-electron chi connectivity index (χ2n) is 4.71. The summed E-state index contributed by atoms with van der Waals surface area (Å²) in [5.74, 6) is -2.71. The average Bonchev–Trinajstić information content (AvgIpc) is 3.19. The Hall–Kier alpha value is -2.16. The highest BCUT2D eigenvalue weighted by Crippen LogP contribution is 2.38. The van der Waals surface area contributed by atoms with Gasteiger partial charge in [0, 0.05) is 12.7 Å². The molecule has 1 fully saturated rings. The summed E-state index contributed by atoms with van der Waals surface area (Å²) in [5, 5.41) is 11.1. The van der Waals surface area contributed by atoms with Gasteiger partial charge in [-0.05, 0) is 18.6 Å².